The molecule has 1 heterocycles. The van der Waals surface area contributed by atoms with E-state index in [0.29, 0.717) is 26.1 Å². The minimum Gasteiger partial charge on any atom is -0.466 e. The van der Waals surface area contributed by atoms with Crippen LogP contribution in [0.15, 0.2) is 0 Å². The van der Waals surface area contributed by atoms with E-state index in [0.717, 1.165) is 0 Å². The highest BCUT2D eigenvalue weighted by atomic mass is 16.6. The summed E-state index contributed by atoms with van der Waals surface area (Å²) in [6, 6.07) is 0.0349. The maximum Gasteiger partial charge on any atom is 0.410 e. The fraction of sp³-hybridized carbons (Fsp3) is 0.857. The van der Waals surface area contributed by atoms with Gasteiger partial charge in [0, 0.05) is 19.1 Å². The summed E-state index contributed by atoms with van der Waals surface area (Å²) < 4.78 is 10.4. The van der Waals surface area contributed by atoms with Crippen molar-refractivity contribution in [2.75, 3.05) is 26.7 Å². The van der Waals surface area contributed by atoms with Gasteiger partial charge in [-0.05, 0) is 41.2 Å². The Labute approximate surface area is 120 Å². The van der Waals surface area contributed by atoms with E-state index in [9.17, 15) is 9.59 Å². The highest BCUT2D eigenvalue weighted by molar-refractivity contribution is 5.75. The molecule has 0 aromatic rings. The van der Waals surface area contributed by atoms with Gasteiger partial charge in [0.15, 0.2) is 0 Å². The third kappa shape index (κ3) is 4.67. The molecule has 1 rings (SSSR count). The molecule has 1 saturated heterocycles. The minimum absolute atomic E-state index is 0.0349. The van der Waals surface area contributed by atoms with Gasteiger partial charge in [0.05, 0.1) is 12.5 Å². The standard InChI is InChI=1S/C14H26N2O4/c1-6-19-12(17)10-9-16(8-7-11(10)15-5)13(18)20-14(2,3)4/h10-11,15H,6-9H2,1-5H3/t10-,11-/m0/s1. The number of carbonyl (C=O) groups excluding carboxylic acids is 2. The molecule has 0 bridgehead atoms. The van der Waals surface area contributed by atoms with Crippen molar-refractivity contribution in [1.29, 1.82) is 0 Å². The molecule has 1 aliphatic heterocycles. The van der Waals surface area contributed by atoms with Gasteiger partial charge in [-0.15, -0.1) is 0 Å². The van der Waals surface area contributed by atoms with Gasteiger partial charge in [-0.2, -0.15) is 0 Å². The van der Waals surface area contributed by atoms with Crippen LogP contribution in [0.3, 0.4) is 0 Å². The Kier molecular flexibility index (Phi) is 5.80. The first-order valence-electron chi connectivity index (χ1n) is 7.10. The predicted octanol–water partition coefficient (Wildman–Crippen LogP) is 1.39. The van der Waals surface area contributed by atoms with Crippen molar-refractivity contribution in [3.63, 3.8) is 0 Å². The Morgan fingerprint density at radius 1 is 1.35 bits per heavy atom. The van der Waals surface area contributed by atoms with Crippen molar-refractivity contribution in [3.8, 4) is 0 Å². The second-order valence-corrected chi connectivity index (χ2v) is 5.97. The number of hydrogen-bond acceptors (Lipinski definition) is 5. The Balaban J connectivity index is 2.69. The Hall–Kier alpha value is -1.30. The fourth-order valence-electron chi connectivity index (χ4n) is 2.28. The molecular weight excluding hydrogens is 260 g/mol. The zero-order chi connectivity index (χ0) is 15.3. The van der Waals surface area contributed by atoms with Crippen LogP contribution in [0.4, 0.5) is 4.79 Å². The lowest BCUT2D eigenvalue weighted by molar-refractivity contribution is -0.150. The molecule has 0 unspecified atom stereocenters. The van der Waals surface area contributed by atoms with Crippen molar-refractivity contribution < 1.29 is 19.1 Å². The van der Waals surface area contributed by atoms with E-state index in [2.05, 4.69) is 5.32 Å². The molecule has 1 amide bonds. The first-order chi connectivity index (χ1) is 9.28. The molecule has 6 heteroatoms. The van der Waals surface area contributed by atoms with Gasteiger partial charge in [-0.1, -0.05) is 0 Å². The summed E-state index contributed by atoms with van der Waals surface area (Å²) in [6.45, 7) is 8.52. The number of nitrogens with zero attached hydrogens (tertiary/aromatic N) is 1. The van der Waals surface area contributed by atoms with Gasteiger partial charge < -0.3 is 19.7 Å². The number of esters is 1. The molecule has 2 atom stereocenters. The normalized spacial score (nSPS) is 23.4. The average Bonchev–Trinajstić information content (AvgIpc) is 2.36. The quantitative estimate of drug-likeness (QED) is 0.794. The van der Waals surface area contributed by atoms with Crippen molar-refractivity contribution in [1.82, 2.24) is 10.2 Å². The van der Waals surface area contributed by atoms with Gasteiger partial charge in [0.1, 0.15) is 5.60 Å². The summed E-state index contributed by atoms with van der Waals surface area (Å²) in [5.74, 6) is -0.610. The zero-order valence-corrected chi connectivity index (χ0v) is 13.1. The summed E-state index contributed by atoms with van der Waals surface area (Å²) in [5.41, 5.74) is -0.531. The molecule has 116 valence electrons. The summed E-state index contributed by atoms with van der Waals surface area (Å²) >= 11 is 0. The number of likely N-dealkylation sites (tertiary alicyclic amines) is 1. The van der Waals surface area contributed by atoms with Crippen molar-refractivity contribution in [3.05, 3.63) is 0 Å². The predicted molar refractivity (Wildman–Crippen MR) is 75.4 cm³/mol. The zero-order valence-electron chi connectivity index (χ0n) is 13.1. The maximum absolute atomic E-state index is 12.1. The van der Waals surface area contributed by atoms with E-state index >= 15 is 0 Å². The number of carbonyl (C=O) groups is 2. The number of amides is 1. The molecule has 0 aromatic carbocycles. The molecule has 6 nitrogen and oxygen atoms in total. The van der Waals surface area contributed by atoms with Crippen LogP contribution in [0, 0.1) is 5.92 Å². The van der Waals surface area contributed by atoms with Crippen LogP contribution in [-0.4, -0.2) is 55.3 Å². The molecular formula is C14H26N2O4. The first kappa shape index (κ1) is 16.8. The van der Waals surface area contributed by atoms with E-state index in [1.807, 2.05) is 27.8 Å². The van der Waals surface area contributed by atoms with Crippen LogP contribution in [0.25, 0.3) is 0 Å². The van der Waals surface area contributed by atoms with Gasteiger partial charge >= 0.3 is 12.1 Å². The molecule has 0 saturated carbocycles. The summed E-state index contributed by atoms with van der Waals surface area (Å²) in [7, 11) is 1.82. The van der Waals surface area contributed by atoms with E-state index in [-0.39, 0.29) is 24.0 Å². The minimum atomic E-state index is -0.531. The highest BCUT2D eigenvalue weighted by Crippen LogP contribution is 2.21. The van der Waals surface area contributed by atoms with Crippen LogP contribution < -0.4 is 5.32 Å². The lowest BCUT2D eigenvalue weighted by Gasteiger charge is -2.37. The SMILES string of the molecule is CCOC(=O)[C@H]1CN(C(=O)OC(C)(C)C)CC[C@@H]1NC. The van der Waals surface area contributed by atoms with Gasteiger partial charge in [0.2, 0.25) is 0 Å². The van der Waals surface area contributed by atoms with Crippen molar-refractivity contribution in [2.24, 2.45) is 5.92 Å². The largest absolute Gasteiger partial charge is 0.466 e. The first-order valence-corrected chi connectivity index (χ1v) is 7.10. The average molecular weight is 286 g/mol. The van der Waals surface area contributed by atoms with Gasteiger partial charge in [-0.25, -0.2) is 4.79 Å². The molecule has 1 aliphatic rings. The summed E-state index contributed by atoms with van der Waals surface area (Å²) in [4.78, 5) is 25.6. The topological polar surface area (TPSA) is 67.9 Å². The van der Waals surface area contributed by atoms with Crippen LogP contribution in [0.1, 0.15) is 34.1 Å². The van der Waals surface area contributed by atoms with Gasteiger partial charge in [0.25, 0.3) is 0 Å². The van der Waals surface area contributed by atoms with E-state index in [4.69, 9.17) is 9.47 Å². The molecule has 1 N–H and O–H groups in total. The van der Waals surface area contributed by atoms with Crippen molar-refractivity contribution in [2.45, 2.75) is 45.8 Å². The molecule has 0 aromatic heterocycles. The third-order valence-corrected chi connectivity index (χ3v) is 3.22. The molecule has 0 radical (unpaired) electrons. The number of rotatable bonds is 3. The summed E-state index contributed by atoms with van der Waals surface area (Å²) in [6.07, 6.45) is 0.334. The van der Waals surface area contributed by atoms with Crippen LogP contribution in [0.5, 0.6) is 0 Å². The number of hydrogen-bond donors (Lipinski definition) is 1. The monoisotopic (exact) mass is 286 g/mol. The van der Waals surface area contributed by atoms with Crippen molar-refractivity contribution >= 4 is 12.1 Å². The fourth-order valence-corrected chi connectivity index (χ4v) is 2.28. The number of piperidine rings is 1. The number of nitrogens with one attached hydrogen (secondary N) is 1. The summed E-state index contributed by atoms with van der Waals surface area (Å²) in [5, 5.41) is 3.12. The van der Waals surface area contributed by atoms with Crippen LogP contribution >= 0.6 is 0 Å². The lowest BCUT2D eigenvalue weighted by atomic mass is 9.92. The third-order valence-electron chi connectivity index (χ3n) is 3.22. The Morgan fingerprint density at radius 2 is 2.00 bits per heavy atom. The highest BCUT2D eigenvalue weighted by Gasteiger charge is 2.37. The van der Waals surface area contributed by atoms with E-state index in [1.165, 1.54) is 0 Å². The second kappa shape index (κ2) is 6.92. The Bertz CT molecular complexity index is 352. The van der Waals surface area contributed by atoms with Gasteiger partial charge in [-0.3, -0.25) is 4.79 Å². The maximum atomic E-state index is 12.1. The number of ether oxygens (including phenoxy) is 2. The smallest absolute Gasteiger partial charge is 0.410 e. The second-order valence-electron chi connectivity index (χ2n) is 5.97. The Morgan fingerprint density at radius 3 is 2.50 bits per heavy atom. The molecule has 20 heavy (non-hydrogen) atoms. The lowest BCUT2D eigenvalue weighted by Crippen LogP contribution is -2.54. The van der Waals surface area contributed by atoms with E-state index < -0.39 is 5.60 Å². The van der Waals surface area contributed by atoms with Crippen LogP contribution in [0.2, 0.25) is 0 Å². The van der Waals surface area contributed by atoms with E-state index in [1.54, 1.807) is 11.8 Å². The molecule has 1 fully saturated rings. The van der Waals surface area contributed by atoms with Crippen LogP contribution in [-0.2, 0) is 14.3 Å². The molecule has 0 spiro atoms. The molecule has 0 aliphatic carbocycles.